The van der Waals surface area contributed by atoms with Crippen molar-refractivity contribution >= 4 is 17.7 Å². The van der Waals surface area contributed by atoms with Gasteiger partial charge in [0.1, 0.15) is 6.04 Å². The summed E-state index contributed by atoms with van der Waals surface area (Å²) in [5.74, 6) is -3.51. The lowest BCUT2D eigenvalue weighted by atomic mass is 10.1. The minimum absolute atomic E-state index is 0.262. The average molecular weight is 372 g/mol. The molecule has 140 valence electrons. The van der Waals surface area contributed by atoms with Crippen molar-refractivity contribution in [1.82, 2.24) is 9.80 Å². The predicted molar refractivity (Wildman–Crippen MR) is 93.9 cm³/mol. The molecule has 0 N–H and O–H groups in total. The molecule has 0 bridgehead atoms. The van der Waals surface area contributed by atoms with Crippen molar-refractivity contribution in [3.8, 4) is 0 Å². The maximum atomic E-state index is 13.5. The van der Waals surface area contributed by atoms with Gasteiger partial charge in [-0.2, -0.15) is 0 Å². The van der Waals surface area contributed by atoms with E-state index in [1.165, 1.54) is 24.9 Å². The topological polar surface area (TPSA) is 57.7 Å². The molecule has 3 rings (SSSR count). The second-order valence-corrected chi connectivity index (χ2v) is 6.50. The number of likely N-dealkylation sites (N-methyl/N-ethyl adjacent to an activating group) is 1. The molecule has 1 heterocycles. The number of amides is 3. The average Bonchev–Trinajstić information content (AvgIpc) is 2.92. The fourth-order valence-electron chi connectivity index (χ4n) is 3.15. The molecule has 1 aliphatic rings. The first kappa shape index (κ1) is 18.7. The Morgan fingerprint density at radius 2 is 1.52 bits per heavy atom. The molecule has 0 aromatic heterocycles. The molecule has 7 heteroatoms. The van der Waals surface area contributed by atoms with E-state index in [1.54, 1.807) is 31.2 Å². The normalized spacial score (nSPS) is 15.5. The van der Waals surface area contributed by atoms with Crippen molar-refractivity contribution in [1.29, 1.82) is 0 Å². The number of carbonyl (C=O) groups is 3. The molecule has 0 spiro atoms. The molecule has 2 aromatic rings. The van der Waals surface area contributed by atoms with Crippen LogP contribution in [0.3, 0.4) is 0 Å². The highest BCUT2D eigenvalue weighted by molar-refractivity contribution is 6.22. The van der Waals surface area contributed by atoms with E-state index in [-0.39, 0.29) is 11.1 Å². The molecule has 0 fully saturated rings. The molecular formula is C20H18F2N2O3. The van der Waals surface area contributed by atoms with E-state index in [0.29, 0.717) is 5.56 Å². The summed E-state index contributed by atoms with van der Waals surface area (Å²) in [5.41, 5.74) is 0.927. The van der Waals surface area contributed by atoms with Gasteiger partial charge in [0.15, 0.2) is 11.6 Å². The van der Waals surface area contributed by atoms with Crippen molar-refractivity contribution in [3.63, 3.8) is 0 Å². The van der Waals surface area contributed by atoms with Gasteiger partial charge in [-0.3, -0.25) is 19.3 Å². The van der Waals surface area contributed by atoms with Gasteiger partial charge in [-0.05, 0) is 43.7 Å². The molecule has 2 unspecified atom stereocenters. The van der Waals surface area contributed by atoms with Crippen LogP contribution < -0.4 is 0 Å². The summed E-state index contributed by atoms with van der Waals surface area (Å²) in [6.07, 6.45) is 0. The van der Waals surface area contributed by atoms with E-state index >= 15 is 0 Å². The number of imide groups is 1. The Hall–Kier alpha value is -3.09. The Labute approximate surface area is 155 Å². The number of carbonyl (C=O) groups excluding carboxylic acids is 3. The first-order valence-electron chi connectivity index (χ1n) is 8.42. The van der Waals surface area contributed by atoms with Crippen LogP contribution in [0.25, 0.3) is 0 Å². The summed E-state index contributed by atoms with van der Waals surface area (Å²) >= 11 is 0. The maximum Gasteiger partial charge on any atom is 0.262 e. The number of benzene rings is 2. The number of rotatable bonds is 4. The van der Waals surface area contributed by atoms with Crippen LogP contribution in [0.2, 0.25) is 0 Å². The summed E-state index contributed by atoms with van der Waals surface area (Å²) in [6.45, 7) is 3.12. The van der Waals surface area contributed by atoms with Crippen LogP contribution in [0.15, 0.2) is 42.5 Å². The van der Waals surface area contributed by atoms with Gasteiger partial charge in [0.05, 0.1) is 17.2 Å². The van der Waals surface area contributed by atoms with E-state index < -0.39 is 41.4 Å². The molecule has 27 heavy (non-hydrogen) atoms. The summed E-state index contributed by atoms with van der Waals surface area (Å²) in [4.78, 5) is 40.2. The number of nitrogens with zero attached hydrogens (tertiary/aromatic N) is 2. The standard InChI is InChI=1S/C20H18F2N2O3/c1-11(13-8-9-16(21)17(22)10-13)23(3)18(25)12(2)24-19(26)14-6-4-5-7-15(14)20(24)27/h4-12H,1-3H3. The van der Waals surface area contributed by atoms with Crippen LogP contribution in [-0.4, -0.2) is 40.6 Å². The lowest BCUT2D eigenvalue weighted by Crippen LogP contribution is -2.48. The zero-order valence-electron chi connectivity index (χ0n) is 15.1. The molecule has 5 nitrogen and oxygen atoms in total. The van der Waals surface area contributed by atoms with E-state index in [1.807, 2.05) is 0 Å². The zero-order valence-corrected chi connectivity index (χ0v) is 15.1. The smallest absolute Gasteiger partial charge is 0.262 e. The molecule has 0 radical (unpaired) electrons. The van der Waals surface area contributed by atoms with Crippen molar-refractivity contribution < 1.29 is 23.2 Å². The molecule has 2 atom stereocenters. The van der Waals surface area contributed by atoms with Gasteiger partial charge < -0.3 is 4.90 Å². The van der Waals surface area contributed by atoms with Crippen LogP contribution in [0.4, 0.5) is 8.78 Å². The monoisotopic (exact) mass is 372 g/mol. The quantitative estimate of drug-likeness (QED) is 0.775. The Kier molecular flexibility index (Phi) is 4.78. The van der Waals surface area contributed by atoms with Gasteiger partial charge in [-0.1, -0.05) is 18.2 Å². The maximum absolute atomic E-state index is 13.5. The fourth-order valence-corrected chi connectivity index (χ4v) is 3.15. The second-order valence-electron chi connectivity index (χ2n) is 6.50. The van der Waals surface area contributed by atoms with Crippen LogP contribution >= 0.6 is 0 Å². The third-order valence-corrected chi connectivity index (χ3v) is 4.92. The van der Waals surface area contributed by atoms with Crippen molar-refractivity contribution in [3.05, 3.63) is 70.8 Å². The number of hydrogen-bond acceptors (Lipinski definition) is 3. The van der Waals surface area contributed by atoms with Gasteiger partial charge in [-0.25, -0.2) is 8.78 Å². The van der Waals surface area contributed by atoms with Gasteiger partial charge in [0, 0.05) is 7.05 Å². The largest absolute Gasteiger partial charge is 0.337 e. The molecule has 0 aliphatic carbocycles. The van der Waals surface area contributed by atoms with Gasteiger partial charge >= 0.3 is 0 Å². The lowest BCUT2D eigenvalue weighted by molar-refractivity contribution is -0.135. The van der Waals surface area contributed by atoms with Crippen LogP contribution in [0, 0.1) is 11.6 Å². The molecule has 3 amide bonds. The SMILES string of the molecule is CC(c1ccc(F)c(F)c1)N(C)C(=O)C(C)N1C(=O)c2ccccc2C1=O. The van der Waals surface area contributed by atoms with Crippen molar-refractivity contribution in [2.45, 2.75) is 25.9 Å². The van der Waals surface area contributed by atoms with E-state index in [9.17, 15) is 23.2 Å². The van der Waals surface area contributed by atoms with Gasteiger partial charge in [0.25, 0.3) is 11.8 Å². The minimum atomic E-state index is -1.03. The zero-order chi connectivity index (χ0) is 19.9. The third kappa shape index (κ3) is 3.09. The van der Waals surface area contributed by atoms with Gasteiger partial charge in [0.2, 0.25) is 5.91 Å². The predicted octanol–water partition coefficient (Wildman–Crippen LogP) is 3.17. The molecule has 0 saturated heterocycles. The first-order valence-corrected chi connectivity index (χ1v) is 8.42. The molecule has 2 aromatic carbocycles. The van der Waals surface area contributed by atoms with Crippen LogP contribution in [-0.2, 0) is 4.79 Å². The highest BCUT2D eigenvalue weighted by Crippen LogP contribution is 2.27. The summed E-state index contributed by atoms with van der Waals surface area (Å²) < 4.78 is 26.6. The number of hydrogen-bond donors (Lipinski definition) is 0. The van der Waals surface area contributed by atoms with E-state index in [2.05, 4.69) is 0 Å². The Balaban J connectivity index is 1.82. The highest BCUT2D eigenvalue weighted by atomic mass is 19.2. The van der Waals surface area contributed by atoms with Crippen LogP contribution in [0.5, 0.6) is 0 Å². The minimum Gasteiger partial charge on any atom is -0.337 e. The van der Waals surface area contributed by atoms with Gasteiger partial charge in [-0.15, -0.1) is 0 Å². The Morgan fingerprint density at radius 3 is 2.04 bits per heavy atom. The van der Waals surface area contributed by atoms with E-state index in [4.69, 9.17) is 0 Å². The molecule has 1 aliphatic heterocycles. The molecule has 0 saturated carbocycles. The Bertz CT molecular complexity index is 910. The van der Waals surface area contributed by atoms with Crippen LogP contribution in [0.1, 0.15) is 46.2 Å². The first-order chi connectivity index (χ1) is 12.7. The van der Waals surface area contributed by atoms with Crippen molar-refractivity contribution in [2.24, 2.45) is 0 Å². The Morgan fingerprint density at radius 1 is 0.963 bits per heavy atom. The molecular weight excluding hydrogens is 354 g/mol. The highest BCUT2D eigenvalue weighted by Gasteiger charge is 2.41. The fraction of sp³-hybridized carbons (Fsp3) is 0.250. The second kappa shape index (κ2) is 6.90. The third-order valence-electron chi connectivity index (χ3n) is 4.92. The number of halogens is 2. The van der Waals surface area contributed by atoms with Crippen molar-refractivity contribution in [2.75, 3.05) is 7.05 Å². The van der Waals surface area contributed by atoms with E-state index in [0.717, 1.165) is 17.0 Å². The summed E-state index contributed by atoms with van der Waals surface area (Å²) in [6, 6.07) is 8.18. The number of fused-ring (bicyclic) bond motifs is 1. The summed E-state index contributed by atoms with van der Waals surface area (Å²) in [5, 5.41) is 0. The summed E-state index contributed by atoms with van der Waals surface area (Å²) in [7, 11) is 1.49. The lowest BCUT2D eigenvalue weighted by Gasteiger charge is -2.31.